The minimum absolute atomic E-state index is 0.0295. The molecule has 0 saturated carbocycles. The molecule has 0 radical (unpaired) electrons. The van der Waals surface area contributed by atoms with E-state index in [1.165, 1.54) is 6.07 Å². The average Bonchev–Trinajstić information content (AvgIpc) is 2.95. The van der Waals surface area contributed by atoms with Crippen molar-refractivity contribution >= 4 is 11.8 Å². The van der Waals surface area contributed by atoms with Crippen molar-refractivity contribution in [1.29, 1.82) is 0 Å². The van der Waals surface area contributed by atoms with E-state index in [1.54, 1.807) is 17.0 Å². The minimum Gasteiger partial charge on any atom is -0.353 e. The van der Waals surface area contributed by atoms with Crippen molar-refractivity contribution in [2.24, 2.45) is 0 Å². The van der Waals surface area contributed by atoms with E-state index in [9.17, 15) is 14.0 Å². The Balaban J connectivity index is 1.66. The van der Waals surface area contributed by atoms with Crippen LogP contribution in [0.3, 0.4) is 0 Å². The van der Waals surface area contributed by atoms with Gasteiger partial charge in [-0.05, 0) is 37.1 Å². The van der Waals surface area contributed by atoms with Crippen LogP contribution in [0.1, 0.15) is 24.4 Å². The van der Waals surface area contributed by atoms with Crippen molar-refractivity contribution in [3.05, 3.63) is 35.6 Å². The Morgan fingerprint density at radius 3 is 3.00 bits per heavy atom. The number of carbonyl (C=O) groups is 2. The van der Waals surface area contributed by atoms with Gasteiger partial charge in [-0.2, -0.15) is 0 Å². The second kappa shape index (κ2) is 6.44. The van der Waals surface area contributed by atoms with E-state index >= 15 is 0 Å². The summed E-state index contributed by atoms with van der Waals surface area (Å²) < 4.78 is 13.4. The summed E-state index contributed by atoms with van der Waals surface area (Å²) >= 11 is 0. The number of likely N-dealkylation sites (tertiary alicyclic amines) is 1. The number of hydrogen-bond donors (Lipinski definition) is 1. The molecule has 1 aromatic carbocycles. The van der Waals surface area contributed by atoms with Gasteiger partial charge in [0.05, 0.1) is 13.1 Å². The Labute approximate surface area is 129 Å². The quantitative estimate of drug-likeness (QED) is 0.903. The van der Waals surface area contributed by atoms with Gasteiger partial charge in [-0.25, -0.2) is 4.39 Å². The van der Waals surface area contributed by atoms with Gasteiger partial charge in [-0.1, -0.05) is 12.1 Å². The number of carbonyl (C=O) groups excluding carboxylic acids is 2. The topological polar surface area (TPSA) is 52.7 Å². The van der Waals surface area contributed by atoms with Crippen LogP contribution < -0.4 is 5.32 Å². The molecule has 3 rings (SSSR count). The predicted octanol–water partition coefficient (Wildman–Crippen LogP) is 0.921. The van der Waals surface area contributed by atoms with Gasteiger partial charge in [-0.15, -0.1) is 0 Å². The third-order valence-corrected chi connectivity index (χ3v) is 4.33. The standard InChI is InChI=1S/C16H20FN3O2/c17-13-4-1-3-12(9-13)14-5-2-7-19(14)11-16(22)20-8-6-18-15(21)10-20/h1,3-4,9,14H,2,5-8,10-11H2,(H,18,21)/t14-/m0/s1. The zero-order chi connectivity index (χ0) is 15.5. The van der Waals surface area contributed by atoms with Crippen LogP contribution in [-0.2, 0) is 9.59 Å². The van der Waals surface area contributed by atoms with E-state index in [4.69, 9.17) is 0 Å². The second-order valence-corrected chi connectivity index (χ2v) is 5.85. The molecule has 118 valence electrons. The lowest BCUT2D eigenvalue weighted by Gasteiger charge is -2.30. The molecule has 1 atom stereocenters. The number of nitrogens with one attached hydrogen (secondary N) is 1. The Bertz CT molecular complexity index is 578. The normalized spacial score (nSPS) is 22.7. The van der Waals surface area contributed by atoms with Gasteiger partial charge in [0.1, 0.15) is 5.82 Å². The van der Waals surface area contributed by atoms with E-state index < -0.39 is 0 Å². The largest absolute Gasteiger partial charge is 0.353 e. The average molecular weight is 305 g/mol. The van der Waals surface area contributed by atoms with Gasteiger partial charge >= 0.3 is 0 Å². The fraction of sp³-hybridized carbons (Fsp3) is 0.500. The number of rotatable bonds is 3. The molecule has 5 nitrogen and oxygen atoms in total. The van der Waals surface area contributed by atoms with E-state index in [2.05, 4.69) is 10.2 Å². The van der Waals surface area contributed by atoms with Crippen molar-refractivity contribution < 1.29 is 14.0 Å². The number of halogens is 1. The monoisotopic (exact) mass is 305 g/mol. The summed E-state index contributed by atoms with van der Waals surface area (Å²) in [6.07, 6.45) is 1.92. The molecular formula is C16H20FN3O2. The Kier molecular flexibility index (Phi) is 4.38. The van der Waals surface area contributed by atoms with Crippen molar-refractivity contribution in [3.8, 4) is 0 Å². The summed E-state index contributed by atoms with van der Waals surface area (Å²) in [7, 11) is 0. The Morgan fingerprint density at radius 2 is 2.23 bits per heavy atom. The predicted molar refractivity (Wildman–Crippen MR) is 79.5 cm³/mol. The minimum atomic E-state index is -0.247. The molecule has 1 aromatic rings. The fourth-order valence-corrected chi connectivity index (χ4v) is 3.23. The van der Waals surface area contributed by atoms with Crippen molar-refractivity contribution in [3.63, 3.8) is 0 Å². The molecule has 6 heteroatoms. The summed E-state index contributed by atoms with van der Waals surface area (Å²) in [4.78, 5) is 27.4. The number of hydrogen-bond acceptors (Lipinski definition) is 3. The van der Waals surface area contributed by atoms with Crippen LogP contribution in [0.4, 0.5) is 4.39 Å². The summed E-state index contributed by atoms with van der Waals surface area (Å²) in [6.45, 7) is 2.32. The molecule has 2 aliphatic heterocycles. The smallest absolute Gasteiger partial charge is 0.239 e. The van der Waals surface area contributed by atoms with E-state index in [0.717, 1.165) is 24.9 Å². The number of benzene rings is 1. The molecule has 0 aromatic heterocycles. The zero-order valence-electron chi connectivity index (χ0n) is 12.4. The first kappa shape index (κ1) is 15.0. The highest BCUT2D eigenvalue weighted by Gasteiger charge is 2.30. The van der Waals surface area contributed by atoms with Crippen molar-refractivity contribution in [1.82, 2.24) is 15.1 Å². The maximum atomic E-state index is 13.4. The molecule has 0 aliphatic carbocycles. The second-order valence-electron chi connectivity index (χ2n) is 5.85. The van der Waals surface area contributed by atoms with Gasteiger partial charge in [0.25, 0.3) is 0 Å². The summed E-state index contributed by atoms with van der Waals surface area (Å²) in [5.41, 5.74) is 0.918. The molecule has 22 heavy (non-hydrogen) atoms. The van der Waals surface area contributed by atoms with E-state index in [-0.39, 0.29) is 36.8 Å². The summed E-state index contributed by atoms with van der Waals surface area (Å²) in [6, 6.07) is 6.67. The van der Waals surface area contributed by atoms with Crippen LogP contribution in [0.15, 0.2) is 24.3 Å². The van der Waals surface area contributed by atoms with Crippen molar-refractivity contribution in [2.45, 2.75) is 18.9 Å². The lowest BCUT2D eigenvalue weighted by atomic mass is 10.0. The molecule has 2 heterocycles. The molecule has 0 spiro atoms. The first-order valence-electron chi connectivity index (χ1n) is 7.67. The Hall–Kier alpha value is -1.95. The lowest BCUT2D eigenvalue weighted by molar-refractivity contribution is -0.139. The summed E-state index contributed by atoms with van der Waals surface area (Å²) in [5, 5.41) is 2.71. The highest BCUT2D eigenvalue weighted by molar-refractivity contribution is 5.86. The lowest BCUT2D eigenvalue weighted by Crippen LogP contribution is -2.52. The third kappa shape index (κ3) is 3.27. The third-order valence-electron chi connectivity index (χ3n) is 4.33. The summed E-state index contributed by atoms with van der Waals surface area (Å²) in [5.74, 6) is -0.385. The number of nitrogens with zero attached hydrogens (tertiary/aromatic N) is 2. The molecule has 2 aliphatic rings. The molecule has 2 saturated heterocycles. The maximum Gasteiger partial charge on any atom is 0.239 e. The maximum absolute atomic E-state index is 13.4. The van der Waals surface area contributed by atoms with Gasteiger partial charge in [0.15, 0.2) is 0 Å². The van der Waals surface area contributed by atoms with Crippen LogP contribution in [0.5, 0.6) is 0 Å². The van der Waals surface area contributed by atoms with Crippen LogP contribution >= 0.6 is 0 Å². The molecule has 1 N–H and O–H groups in total. The first-order valence-corrected chi connectivity index (χ1v) is 7.67. The van der Waals surface area contributed by atoms with Crippen LogP contribution in [0.2, 0.25) is 0 Å². The van der Waals surface area contributed by atoms with Crippen LogP contribution in [-0.4, -0.2) is 54.3 Å². The highest BCUT2D eigenvalue weighted by atomic mass is 19.1. The molecule has 2 fully saturated rings. The fourth-order valence-electron chi connectivity index (χ4n) is 3.23. The van der Waals surface area contributed by atoms with E-state index in [0.29, 0.717) is 13.1 Å². The molecular weight excluding hydrogens is 285 g/mol. The SMILES string of the molecule is O=C1CN(C(=O)CN2CCC[C@H]2c2cccc(F)c2)CCN1. The molecule has 2 amide bonds. The molecule has 0 bridgehead atoms. The van der Waals surface area contributed by atoms with Crippen LogP contribution in [0.25, 0.3) is 0 Å². The number of piperazine rings is 1. The van der Waals surface area contributed by atoms with Crippen molar-refractivity contribution in [2.75, 3.05) is 32.7 Å². The van der Waals surface area contributed by atoms with Gasteiger partial charge in [0, 0.05) is 19.1 Å². The van der Waals surface area contributed by atoms with Crippen LogP contribution in [0, 0.1) is 5.82 Å². The van der Waals surface area contributed by atoms with Gasteiger partial charge in [0.2, 0.25) is 11.8 Å². The Morgan fingerprint density at radius 1 is 1.36 bits per heavy atom. The van der Waals surface area contributed by atoms with E-state index in [1.807, 2.05) is 6.07 Å². The van der Waals surface area contributed by atoms with Gasteiger partial charge < -0.3 is 10.2 Å². The number of amides is 2. The van der Waals surface area contributed by atoms with Gasteiger partial charge in [-0.3, -0.25) is 14.5 Å². The zero-order valence-corrected chi connectivity index (χ0v) is 12.4. The molecule has 0 unspecified atom stereocenters. The highest BCUT2D eigenvalue weighted by Crippen LogP contribution is 2.31. The first-order chi connectivity index (χ1) is 10.6.